The zero-order valence-electron chi connectivity index (χ0n) is 6.83. The standard InChI is InChI=1S/C9H12O2/c1-7(2)3-9-4-8(5-10)6-11-9/h3,5-6,9H,4H2,1-2H3. The Balaban J connectivity index is 2.48. The molecule has 0 amide bonds. The normalized spacial score (nSPS) is 22.0. The molecule has 0 aromatic heterocycles. The van der Waals surface area contributed by atoms with Crippen molar-refractivity contribution in [3.05, 3.63) is 23.5 Å². The van der Waals surface area contributed by atoms with Crippen molar-refractivity contribution >= 4 is 6.29 Å². The molecule has 1 rings (SSSR count). The number of aldehydes is 1. The van der Waals surface area contributed by atoms with E-state index >= 15 is 0 Å². The fraction of sp³-hybridized carbons (Fsp3) is 0.444. The highest BCUT2D eigenvalue weighted by molar-refractivity contribution is 5.73. The van der Waals surface area contributed by atoms with Crippen molar-refractivity contribution in [1.29, 1.82) is 0 Å². The second kappa shape index (κ2) is 3.37. The van der Waals surface area contributed by atoms with E-state index in [1.54, 1.807) is 0 Å². The van der Waals surface area contributed by atoms with E-state index in [9.17, 15) is 4.79 Å². The molecule has 1 atom stereocenters. The highest BCUT2D eigenvalue weighted by Gasteiger charge is 2.14. The van der Waals surface area contributed by atoms with Crippen molar-refractivity contribution in [2.24, 2.45) is 0 Å². The van der Waals surface area contributed by atoms with Gasteiger partial charge in [-0.15, -0.1) is 0 Å². The lowest BCUT2D eigenvalue weighted by Crippen LogP contribution is -2.00. The molecule has 60 valence electrons. The zero-order chi connectivity index (χ0) is 8.27. The quantitative estimate of drug-likeness (QED) is 0.445. The lowest BCUT2D eigenvalue weighted by Gasteiger charge is -2.03. The molecule has 11 heavy (non-hydrogen) atoms. The average Bonchev–Trinajstić information content (AvgIpc) is 2.34. The van der Waals surface area contributed by atoms with Crippen molar-refractivity contribution in [3.63, 3.8) is 0 Å². The molecule has 0 N–H and O–H groups in total. The summed E-state index contributed by atoms with van der Waals surface area (Å²) < 4.78 is 5.20. The number of ether oxygens (including phenoxy) is 1. The van der Waals surface area contributed by atoms with Crippen molar-refractivity contribution in [3.8, 4) is 0 Å². The Morgan fingerprint density at radius 3 is 2.91 bits per heavy atom. The lowest BCUT2D eigenvalue weighted by atomic mass is 10.1. The van der Waals surface area contributed by atoms with Gasteiger partial charge in [-0.25, -0.2) is 0 Å². The van der Waals surface area contributed by atoms with Gasteiger partial charge in [-0.05, 0) is 19.9 Å². The Labute approximate surface area is 66.5 Å². The first-order valence-electron chi connectivity index (χ1n) is 3.67. The molecule has 2 heteroatoms. The Morgan fingerprint density at radius 1 is 1.73 bits per heavy atom. The maximum atomic E-state index is 10.3. The van der Waals surface area contributed by atoms with Gasteiger partial charge >= 0.3 is 0 Å². The van der Waals surface area contributed by atoms with E-state index in [1.807, 2.05) is 19.9 Å². The summed E-state index contributed by atoms with van der Waals surface area (Å²) in [4.78, 5) is 10.3. The molecule has 0 spiro atoms. The van der Waals surface area contributed by atoms with Crippen LogP contribution >= 0.6 is 0 Å². The summed E-state index contributed by atoms with van der Waals surface area (Å²) in [6, 6.07) is 0. The van der Waals surface area contributed by atoms with E-state index in [4.69, 9.17) is 4.74 Å². The highest BCUT2D eigenvalue weighted by Crippen LogP contribution is 2.17. The van der Waals surface area contributed by atoms with Crippen molar-refractivity contribution in [1.82, 2.24) is 0 Å². The number of carbonyl (C=O) groups excluding carboxylic acids is 1. The SMILES string of the molecule is CC(C)=CC1CC(C=O)=CO1. The maximum Gasteiger partial charge on any atom is 0.149 e. The van der Waals surface area contributed by atoms with Crippen LogP contribution in [0.15, 0.2) is 23.5 Å². The van der Waals surface area contributed by atoms with Gasteiger partial charge in [0, 0.05) is 12.0 Å². The van der Waals surface area contributed by atoms with Gasteiger partial charge in [-0.1, -0.05) is 5.57 Å². The summed E-state index contributed by atoms with van der Waals surface area (Å²) in [6.45, 7) is 4.03. The Bertz CT molecular complexity index is 210. The molecule has 1 aliphatic rings. The minimum absolute atomic E-state index is 0.0835. The molecule has 0 aliphatic carbocycles. The van der Waals surface area contributed by atoms with Gasteiger partial charge < -0.3 is 4.74 Å². The first kappa shape index (κ1) is 8.05. The summed E-state index contributed by atoms with van der Waals surface area (Å²) in [5.74, 6) is 0. The van der Waals surface area contributed by atoms with Gasteiger partial charge in [0.15, 0.2) is 0 Å². The second-order valence-electron chi connectivity index (χ2n) is 2.93. The zero-order valence-corrected chi connectivity index (χ0v) is 6.83. The Morgan fingerprint density at radius 2 is 2.45 bits per heavy atom. The van der Waals surface area contributed by atoms with Gasteiger partial charge in [0.1, 0.15) is 12.4 Å². The van der Waals surface area contributed by atoms with Crippen LogP contribution in [0, 0.1) is 0 Å². The number of carbonyl (C=O) groups is 1. The molecule has 0 saturated heterocycles. The van der Waals surface area contributed by atoms with Crippen LogP contribution in [0.3, 0.4) is 0 Å². The van der Waals surface area contributed by atoms with E-state index in [2.05, 4.69) is 0 Å². The minimum atomic E-state index is 0.0835. The lowest BCUT2D eigenvalue weighted by molar-refractivity contribution is -0.105. The molecule has 1 unspecified atom stereocenters. The number of hydrogen-bond acceptors (Lipinski definition) is 2. The fourth-order valence-electron chi connectivity index (χ4n) is 1.05. The van der Waals surface area contributed by atoms with E-state index in [1.165, 1.54) is 11.8 Å². The topological polar surface area (TPSA) is 26.3 Å². The largest absolute Gasteiger partial charge is 0.493 e. The first-order chi connectivity index (χ1) is 5.22. The minimum Gasteiger partial charge on any atom is -0.493 e. The smallest absolute Gasteiger partial charge is 0.149 e. The van der Waals surface area contributed by atoms with E-state index in [-0.39, 0.29) is 6.10 Å². The third kappa shape index (κ3) is 2.22. The van der Waals surface area contributed by atoms with Crippen LogP contribution in [0.2, 0.25) is 0 Å². The van der Waals surface area contributed by atoms with Gasteiger partial charge in [0.25, 0.3) is 0 Å². The third-order valence-corrected chi connectivity index (χ3v) is 1.50. The van der Waals surface area contributed by atoms with Crippen molar-refractivity contribution in [2.75, 3.05) is 0 Å². The molecular weight excluding hydrogens is 140 g/mol. The summed E-state index contributed by atoms with van der Waals surface area (Å²) in [5, 5.41) is 0. The van der Waals surface area contributed by atoms with Crippen LogP contribution in [0.1, 0.15) is 20.3 Å². The monoisotopic (exact) mass is 152 g/mol. The fourth-order valence-corrected chi connectivity index (χ4v) is 1.05. The summed E-state index contributed by atoms with van der Waals surface area (Å²) in [7, 11) is 0. The third-order valence-electron chi connectivity index (χ3n) is 1.50. The van der Waals surface area contributed by atoms with E-state index in [0.29, 0.717) is 6.42 Å². The number of hydrogen-bond donors (Lipinski definition) is 0. The molecule has 0 aromatic carbocycles. The molecule has 2 nitrogen and oxygen atoms in total. The molecule has 0 saturated carbocycles. The first-order valence-corrected chi connectivity index (χ1v) is 3.67. The van der Waals surface area contributed by atoms with Crippen LogP contribution < -0.4 is 0 Å². The van der Waals surface area contributed by atoms with Crippen molar-refractivity contribution in [2.45, 2.75) is 26.4 Å². The summed E-state index contributed by atoms with van der Waals surface area (Å²) in [5.41, 5.74) is 1.96. The number of allylic oxidation sites excluding steroid dienone is 1. The van der Waals surface area contributed by atoms with Crippen molar-refractivity contribution < 1.29 is 9.53 Å². The molecule has 0 fully saturated rings. The van der Waals surface area contributed by atoms with Crippen LogP contribution in [-0.2, 0) is 9.53 Å². The molecule has 1 aliphatic heterocycles. The van der Waals surface area contributed by atoms with Gasteiger partial charge in [-0.3, -0.25) is 4.79 Å². The summed E-state index contributed by atoms with van der Waals surface area (Å²) >= 11 is 0. The Hall–Kier alpha value is -1.05. The van der Waals surface area contributed by atoms with Crippen LogP contribution in [0.5, 0.6) is 0 Å². The molecular formula is C9H12O2. The molecule has 0 aromatic rings. The van der Waals surface area contributed by atoms with Gasteiger partial charge in [0.05, 0.1) is 6.26 Å². The van der Waals surface area contributed by atoms with Crippen LogP contribution in [-0.4, -0.2) is 12.4 Å². The second-order valence-corrected chi connectivity index (χ2v) is 2.93. The van der Waals surface area contributed by atoms with E-state index in [0.717, 1.165) is 11.9 Å². The highest BCUT2D eigenvalue weighted by atomic mass is 16.5. The summed E-state index contributed by atoms with van der Waals surface area (Å²) in [6.07, 6.45) is 5.21. The van der Waals surface area contributed by atoms with Gasteiger partial charge in [-0.2, -0.15) is 0 Å². The predicted octanol–water partition coefficient (Wildman–Crippen LogP) is 1.82. The van der Waals surface area contributed by atoms with Crippen LogP contribution in [0.25, 0.3) is 0 Å². The molecule has 1 heterocycles. The number of rotatable bonds is 2. The Kier molecular flexibility index (Phi) is 2.47. The van der Waals surface area contributed by atoms with E-state index < -0.39 is 0 Å². The van der Waals surface area contributed by atoms with Crippen LogP contribution in [0.4, 0.5) is 0 Å². The molecule has 0 bridgehead atoms. The molecule has 0 radical (unpaired) electrons. The average molecular weight is 152 g/mol. The van der Waals surface area contributed by atoms with Gasteiger partial charge in [0.2, 0.25) is 0 Å². The maximum absolute atomic E-state index is 10.3. The predicted molar refractivity (Wildman–Crippen MR) is 43.1 cm³/mol.